The monoisotopic (exact) mass is 464 g/mol. The predicted molar refractivity (Wildman–Crippen MR) is 129 cm³/mol. The van der Waals surface area contributed by atoms with E-state index in [1.807, 2.05) is 13.0 Å². The van der Waals surface area contributed by atoms with Gasteiger partial charge in [-0.25, -0.2) is 8.42 Å². The van der Waals surface area contributed by atoms with Gasteiger partial charge in [-0.1, -0.05) is 36.1 Å². The molecule has 2 heterocycles. The molecule has 0 spiro atoms. The third-order valence-electron chi connectivity index (χ3n) is 7.25. The molecule has 0 radical (unpaired) electrons. The highest BCUT2D eigenvalue weighted by Crippen LogP contribution is 2.42. The van der Waals surface area contributed by atoms with Crippen molar-refractivity contribution in [3.63, 3.8) is 0 Å². The normalized spacial score (nSPS) is 26.3. The van der Waals surface area contributed by atoms with E-state index < -0.39 is 10.0 Å². The highest BCUT2D eigenvalue weighted by atomic mass is 32.2. The highest BCUT2D eigenvalue weighted by molar-refractivity contribution is 7.89. The molecule has 5 nitrogen and oxygen atoms in total. The van der Waals surface area contributed by atoms with Crippen molar-refractivity contribution in [2.45, 2.75) is 55.5 Å². The van der Waals surface area contributed by atoms with Gasteiger partial charge in [-0.3, -0.25) is 4.90 Å². The average Bonchev–Trinajstić information content (AvgIpc) is 3.62. The fourth-order valence-corrected chi connectivity index (χ4v) is 6.86. The number of aryl methyl sites for hydroxylation is 1. The molecule has 6 heteroatoms. The first-order valence-electron chi connectivity index (χ1n) is 12.0. The number of aliphatic hydroxyl groups excluding tert-OH is 1. The van der Waals surface area contributed by atoms with Crippen LogP contribution >= 0.6 is 0 Å². The summed E-state index contributed by atoms with van der Waals surface area (Å²) in [5.41, 5.74) is 3.11. The minimum atomic E-state index is -3.57. The summed E-state index contributed by atoms with van der Waals surface area (Å²) < 4.78 is 28.7. The SMILES string of the molecule is Cc1cccc(S(=O)(=O)N2CCCCN3[C@@H](CO)[C@H](c4ccc(C#CC5CC5)cc4)[C@@H]3C2)c1. The summed E-state index contributed by atoms with van der Waals surface area (Å²) in [5.74, 6) is 7.24. The molecule has 3 fully saturated rings. The Hall–Kier alpha value is -2.17. The van der Waals surface area contributed by atoms with Crippen molar-refractivity contribution in [3.8, 4) is 11.8 Å². The Kier molecular flexibility index (Phi) is 6.32. The second-order valence-electron chi connectivity index (χ2n) is 9.63. The van der Waals surface area contributed by atoms with Gasteiger partial charge in [0.25, 0.3) is 0 Å². The third-order valence-corrected chi connectivity index (χ3v) is 9.11. The van der Waals surface area contributed by atoms with E-state index in [-0.39, 0.29) is 24.6 Å². The van der Waals surface area contributed by atoms with Crippen LogP contribution in [0.25, 0.3) is 0 Å². The van der Waals surface area contributed by atoms with Gasteiger partial charge in [0, 0.05) is 42.6 Å². The Morgan fingerprint density at radius 2 is 1.82 bits per heavy atom. The van der Waals surface area contributed by atoms with Gasteiger partial charge in [0.2, 0.25) is 10.0 Å². The second kappa shape index (κ2) is 9.23. The van der Waals surface area contributed by atoms with Crippen LogP contribution in [0, 0.1) is 24.7 Å². The van der Waals surface area contributed by atoms with Crippen LogP contribution in [0.4, 0.5) is 0 Å². The maximum Gasteiger partial charge on any atom is 0.243 e. The number of sulfonamides is 1. The molecule has 33 heavy (non-hydrogen) atoms. The molecular weight excluding hydrogens is 432 g/mol. The van der Waals surface area contributed by atoms with Crippen LogP contribution in [-0.4, -0.2) is 61.1 Å². The molecular formula is C27H32N2O3S. The maximum absolute atomic E-state index is 13.5. The molecule has 1 aliphatic carbocycles. The first-order valence-corrected chi connectivity index (χ1v) is 13.5. The third kappa shape index (κ3) is 4.61. The van der Waals surface area contributed by atoms with Crippen molar-refractivity contribution in [2.75, 3.05) is 26.2 Å². The topological polar surface area (TPSA) is 60.9 Å². The zero-order valence-electron chi connectivity index (χ0n) is 19.2. The fourth-order valence-electron chi connectivity index (χ4n) is 5.25. The van der Waals surface area contributed by atoms with Crippen molar-refractivity contribution in [1.82, 2.24) is 9.21 Å². The molecule has 2 saturated heterocycles. The molecule has 3 aliphatic rings. The zero-order chi connectivity index (χ0) is 23.0. The van der Waals surface area contributed by atoms with Crippen LogP contribution < -0.4 is 0 Å². The molecule has 2 aromatic carbocycles. The summed E-state index contributed by atoms with van der Waals surface area (Å²) in [5, 5.41) is 10.2. The number of hydrogen-bond acceptors (Lipinski definition) is 4. The standard InChI is InChI=1S/C27H32N2O3S/c1-20-5-4-6-24(17-20)33(31,32)28-15-2-3-16-29-25(18-28)27(26(29)19-30)23-13-11-22(12-14-23)10-9-21-7-8-21/h4-6,11-14,17,21,25-27,30H,2-3,7-8,15-16,18-19H2,1H3/t25-,26-,27+/m0/s1. The largest absolute Gasteiger partial charge is 0.395 e. The van der Waals surface area contributed by atoms with Gasteiger partial charge >= 0.3 is 0 Å². The lowest BCUT2D eigenvalue weighted by Crippen LogP contribution is -2.67. The predicted octanol–water partition coefficient (Wildman–Crippen LogP) is 3.37. The molecule has 2 aromatic rings. The lowest BCUT2D eigenvalue weighted by Gasteiger charge is -2.57. The number of aliphatic hydroxyl groups is 1. The minimum absolute atomic E-state index is 0.0278. The van der Waals surface area contributed by atoms with Gasteiger partial charge in [0.1, 0.15) is 0 Å². The molecule has 5 rings (SSSR count). The Balaban J connectivity index is 1.40. The van der Waals surface area contributed by atoms with E-state index in [1.165, 1.54) is 12.8 Å². The average molecular weight is 465 g/mol. The Bertz CT molecular complexity index is 1160. The van der Waals surface area contributed by atoms with Gasteiger partial charge in [-0.05, 0) is 74.5 Å². The van der Waals surface area contributed by atoms with Crippen LogP contribution in [0.15, 0.2) is 53.4 Å². The number of fused-ring (bicyclic) bond motifs is 1. The van der Waals surface area contributed by atoms with Crippen molar-refractivity contribution in [2.24, 2.45) is 5.92 Å². The zero-order valence-corrected chi connectivity index (χ0v) is 20.0. The molecule has 0 unspecified atom stereocenters. The van der Waals surface area contributed by atoms with Gasteiger partial charge in [-0.2, -0.15) is 4.31 Å². The number of hydrogen-bond donors (Lipinski definition) is 1. The maximum atomic E-state index is 13.5. The van der Waals surface area contributed by atoms with Gasteiger partial charge < -0.3 is 5.11 Å². The smallest absolute Gasteiger partial charge is 0.243 e. The van der Waals surface area contributed by atoms with E-state index in [0.29, 0.717) is 23.9 Å². The first-order chi connectivity index (χ1) is 16.0. The number of benzene rings is 2. The van der Waals surface area contributed by atoms with Crippen LogP contribution in [0.1, 0.15) is 48.3 Å². The highest BCUT2D eigenvalue weighted by Gasteiger charge is 2.50. The lowest BCUT2D eigenvalue weighted by molar-refractivity contribution is -0.0553. The minimum Gasteiger partial charge on any atom is -0.395 e. The summed E-state index contributed by atoms with van der Waals surface area (Å²) in [4.78, 5) is 2.67. The van der Waals surface area contributed by atoms with Crippen molar-refractivity contribution in [3.05, 3.63) is 65.2 Å². The van der Waals surface area contributed by atoms with Crippen LogP contribution in [0.3, 0.4) is 0 Å². The molecule has 1 N–H and O–H groups in total. The summed E-state index contributed by atoms with van der Waals surface area (Å²) in [6.07, 6.45) is 4.18. The second-order valence-corrected chi connectivity index (χ2v) is 11.6. The van der Waals surface area contributed by atoms with Gasteiger partial charge in [-0.15, -0.1) is 0 Å². The summed E-state index contributed by atoms with van der Waals surface area (Å²) >= 11 is 0. The van der Waals surface area contributed by atoms with E-state index in [2.05, 4.69) is 41.0 Å². The van der Waals surface area contributed by atoms with Crippen LogP contribution in [0.5, 0.6) is 0 Å². The van der Waals surface area contributed by atoms with E-state index in [1.54, 1.807) is 22.5 Å². The summed E-state index contributed by atoms with van der Waals surface area (Å²) in [6, 6.07) is 15.6. The van der Waals surface area contributed by atoms with E-state index in [4.69, 9.17) is 0 Å². The van der Waals surface area contributed by atoms with E-state index in [0.717, 1.165) is 36.1 Å². The first kappa shape index (κ1) is 22.6. The quantitative estimate of drug-likeness (QED) is 0.705. The van der Waals surface area contributed by atoms with Crippen molar-refractivity contribution in [1.29, 1.82) is 0 Å². The lowest BCUT2D eigenvalue weighted by atomic mass is 9.74. The van der Waals surface area contributed by atoms with Gasteiger partial charge in [0.15, 0.2) is 0 Å². The molecule has 3 atom stereocenters. The fraction of sp³-hybridized carbons (Fsp3) is 0.481. The summed E-state index contributed by atoms with van der Waals surface area (Å²) in [7, 11) is -3.57. The van der Waals surface area contributed by atoms with Gasteiger partial charge in [0.05, 0.1) is 11.5 Å². The molecule has 0 bridgehead atoms. The number of nitrogens with zero attached hydrogens (tertiary/aromatic N) is 2. The van der Waals surface area contributed by atoms with Crippen molar-refractivity contribution >= 4 is 10.0 Å². The number of rotatable bonds is 4. The van der Waals surface area contributed by atoms with Crippen LogP contribution in [0.2, 0.25) is 0 Å². The Morgan fingerprint density at radius 3 is 2.52 bits per heavy atom. The molecule has 1 saturated carbocycles. The van der Waals surface area contributed by atoms with Crippen molar-refractivity contribution < 1.29 is 13.5 Å². The molecule has 2 aliphatic heterocycles. The molecule has 174 valence electrons. The van der Waals surface area contributed by atoms with E-state index in [9.17, 15) is 13.5 Å². The summed E-state index contributed by atoms with van der Waals surface area (Å²) in [6.45, 7) is 3.87. The Labute approximate surface area is 197 Å². The van der Waals surface area contributed by atoms with Crippen LogP contribution in [-0.2, 0) is 10.0 Å². The van der Waals surface area contributed by atoms with E-state index >= 15 is 0 Å². The molecule has 0 amide bonds. The Morgan fingerprint density at radius 1 is 1.06 bits per heavy atom. The molecule has 0 aromatic heterocycles.